The molecule has 0 bridgehead atoms. The molecule has 8 nitrogen and oxygen atoms in total. The van der Waals surface area contributed by atoms with Crippen molar-refractivity contribution in [2.24, 2.45) is 0 Å². The minimum Gasteiger partial charge on any atom is -0.462 e. The lowest BCUT2D eigenvalue weighted by atomic mass is 10.2. The molecule has 0 aliphatic carbocycles. The highest BCUT2D eigenvalue weighted by Crippen LogP contribution is 2.40. The number of ether oxygens (including phenoxy) is 1. The van der Waals surface area contributed by atoms with Gasteiger partial charge in [-0.25, -0.2) is 17.6 Å². The molecular weight excluding hydrogens is 477 g/mol. The number of thiophene rings is 1. The van der Waals surface area contributed by atoms with Gasteiger partial charge in [0.05, 0.1) is 16.4 Å². The van der Waals surface area contributed by atoms with E-state index in [4.69, 9.17) is 10.00 Å². The lowest BCUT2D eigenvalue weighted by Crippen LogP contribution is -2.43. The Morgan fingerprint density at radius 1 is 1.38 bits per heavy atom. The molecule has 1 aliphatic rings. The first kappa shape index (κ1) is 24.2. The van der Waals surface area contributed by atoms with E-state index < -0.39 is 33.8 Å². The number of anilines is 1. The third-order valence-corrected chi connectivity index (χ3v) is 8.91. The molecule has 32 heavy (non-hydrogen) atoms. The van der Waals surface area contributed by atoms with Crippen molar-refractivity contribution in [3.8, 4) is 5.40 Å². The summed E-state index contributed by atoms with van der Waals surface area (Å²) in [5.74, 6) is -1.69. The normalized spacial score (nSPS) is 16.5. The van der Waals surface area contributed by atoms with Gasteiger partial charge in [-0.05, 0) is 68.3 Å². The predicted octanol–water partition coefficient (Wildman–Crippen LogP) is 3.74. The van der Waals surface area contributed by atoms with E-state index in [0.29, 0.717) is 23.3 Å². The molecular formula is C20H20FN3O5S3. The Hall–Kier alpha value is -2.46. The summed E-state index contributed by atoms with van der Waals surface area (Å²) < 4.78 is 45.4. The van der Waals surface area contributed by atoms with Crippen molar-refractivity contribution >= 4 is 50.0 Å². The van der Waals surface area contributed by atoms with Crippen molar-refractivity contribution in [1.82, 2.24) is 4.31 Å². The molecule has 1 N–H and O–H groups in total. The van der Waals surface area contributed by atoms with Gasteiger partial charge in [0.25, 0.3) is 0 Å². The zero-order valence-electron chi connectivity index (χ0n) is 17.3. The maximum absolute atomic E-state index is 13.2. The van der Waals surface area contributed by atoms with Gasteiger partial charge in [-0.3, -0.25) is 4.79 Å². The number of hydrogen-bond donors (Lipinski definition) is 1. The van der Waals surface area contributed by atoms with E-state index in [-0.39, 0.29) is 27.9 Å². The molecule has 3 rings (SSSR count). The fourth-order valence-electron chi connectivity index (χ4n) is 3.37. The zero-order chi connectivity index (χ0) is 23.5. The van der Waals surface area contributed by atoms with Gasteiger partial charge in [0.1, 0.15) is 27.1 Å². The minimum atomic E-state index is -4.01. The first-order valence-corrected chi connectivity index (χ1v) is 12.7. The van der Waals surface area contributed by atoms with Crippen LogP contribution >= 0.6 is 23.1 Å². The second-order valence-corrected chi connectivity index (χ2v) is 10.6. The molecule has 1 aliphatic heterocycles. The summed E-state index contributed by atoms with van der Waals surface area (Å²) in [5, 5.41) is 14.0. The Kier molecular flexibility index (Phi) is 7.55. The van der Waals surface area contributed by atoms with E-state index in [2.05, 4.69) is 5.32 Å². The van der Waals surface area contributed by atoms with Crippen LogP contribution in [-0.4, -0.2) is 43.8 Å². The van der Waals surface area contributed by atoms with Crippen LogP contribution in [0, 0.1) is 23.4 Å². The van der Waals surface area contributed by atoms with E-state index >= 15 is 0 Å². The number of benzene rings is 1. The number of nitriles is 1. The molecule has 1 aromatic carbocycles. The number of carbonyl (C=O) groups excluding carboxylic acids is 2. The maximum atomic E-state index is 13.2. The highest BCUT2D eigenvalue weighted by atomic mass is 32.2. The lowest BCUT2D eigenvalue weighted by molar-refractivity contribution is -0.119. The van der Waals surface area contributed by atoms with Crippen LogP contribution in [0.15, 0.2) is 34.1 Å². The van der Waals surface area contributed by atoms with Gasteiger partial charge in [-0.15, -0.1) is 11.3 Å². The van der Waals surface area contributed by atoms with Gasteiger partial charge in [-0.2, -0.15) is 9.57 Å². The van der Waals surface area contributed by atoms with Gasteiger partial charge < -0.3 is 10.1 Å². The number of nitrogens with one attached hydrogen (secondary N) is 1. The third kappa shape index (κ3) is 4.80. The SMILES string of the molecule is CCOC(=O)c1sc(NC(=O)C2CCCN2S(=O)(=O)c2ccc(F)cc2)c(SC#N)c1C. The van der Waals surface area contributed by atoms with Crippen molar-refractivity contribution in [2.45, 2.75) is 42.5 Å². The van der Waals surface area contributed by atoms with Crippen LogP contribution in [0.2, 0.25) is 0 Å². The number of carbonyl (C=O) groups is 2. The topological polar surface area (TPSA) is 117 Å². The zero-order valence-corrected chi connectivity index (χ0v) is 19.7. The molecule has 1 fully saturated rings. The van der Waals surface area contributed by atoms with Crippen LogP contribution in [-0.2, 0) is 19.6 Å². The van der Waals surface area contributed by atoms with Crippen LogP contribution in [0.1, 0.15) is 35.0 Å². The number of halogens is 1. The monoisotopic (exact) mass is 497 g/mol. The van der Waals surface area contributed by atoms with Gasteiger partial charge in [0, 0.05) is 6.54 Å². The number of thioether (sulfide) groups is 1. The van der Waals surface area contributed by atoms with E-state index in [0.717, 1.165) is 51.7 Å². The summed E-state index contributed by atoms with van der Waals surface area (Å²) in [5.41, 5.74) is 0.512. The first-order chi connectivity index (χ1) is 15.2. The summed E-state index contributed by atoms with van der Waals surface area (Å²) in [6.07, 6.45) is 0.790. The quantitative estimate of drug-likeness (QED) is 0.352. The number of sulfonamides is 1. The molecule has 1 unspecified atom stereocenters. The molecule has 1 amide bonds. The Morgan fingerprint density at radius 2 is 2.06 bits per heavy atom. The minimum absolute atomic E-state index is 0.101. The second-order valence-electron chi connectivity index (χ2n) is 6.85. The van der Waals surface area contributed by atoms with Crippen molar-refractivity contribution in [1.29, 1.82) is 5.26 Å². The summed E-state index contributed by atoms with van der Waals surface area (Å²) in [4.78, 5) is 25.8. The fraction of sp³-hybridized carbons (Fsp3) is 0.350. The standard InChI is InChI=1S/C20H20FN3O5S3/c1-3-29-20(26)17-12(2)16(30-11-22)19(31-17)23-18(25)15-5-4-10-24(15)32(27,28)14-8-6-13(21)7-9-14/h6-9,15H,3-5,10H2,1-2H3,(H,23,25). The van der Waals surface area contributed by atoms with E-state index in [9.17, 15) is 22.4 Å². The molecule has 1 atom stereocenters. The largest absolute Gasteiger partial charge is 0.462 e. The lowest BCUT2D eigenvalue weighted by Gasteiger charge is -2.23. The van der Waals surface area contributed by atoms with Crippen molar-refractivity contribution in [2.75, 3.05) is 18.5 Å². The molecule has 0 saturated carbocycles. The highest BCUT2D eigenvalue weighted by molar-refractivity contribution is 8.04. The average molecular weight is 498 g/mol. The molecule has 170 valence electrons. The molecule has 2 heterocycles. The van der Waals surface area contributed by atoms with Crippen molar-refractivity contribution in [3.05, 3.63) is 40.5 Å². The van der Waals surface area contributed by atoms with E-state index in [1.165, 1.54) is 0 Å². The van der Waals surface area contributed by atoms with Crippen molar-refractivity contribution in [3.63, 3.8) is 0 Å². The Morgan fingerprint density at radius 3 is 2.69 bits per heavy atom. The van der Waals surface area contributed by atoms with Crippen LogP contribution in [0.4, 0.5) is 9.39 Å². The van der Waals surface area contributed by atoms with Gasteiger partial charge >= 0.3 is 5.97 Å². The Bertz CT molecular complexity index is 1170. The number of rotatable bonds is 7. The van der Waals surface area contributed by atoms with Crippen LogP contribution < -0.4 is 5.32 Å². The number of esters is 1. The average Bonchev–Trinajstić information content (AvgIpc) is 3.36. The van der Waals surface area contributed by atoms with Crippen LogP contribution in [0.5, 0.6) is 0 Å². The summed E-state index contributed by atoms with van der Waals surface area (Å²) in [6, 6.07) is 3.45. The molecule has 1 saturated heterocycles. The van der Waals surface area contributed by atoms with Crippen molar-refractivity contribution < 1.29 is 27.1 Å². The van der Waals surface area contributed by atoms with Crippen LogP contribution in [0.25, 0.3) is 0 Å². The smallest absolute Gasteiger partial charge is 0.348 e. The Balaban J connectivity index is 1.88. The fourth-order valence-corrected chi connectivity index (χ4v) is 6.83. The van der Waals surface area contributed by atoms with Gasteiger partial charge in [-0.1, -0.05) is 0 Å². The maximum Gasteiger partial charge on any atom is 0.348 e. The highest BCUT2D eigenvalue weighted by Gasteiger charge is 2.40. The third-order valence-electron chi connectivity index (χ3n) is 4.86. The number of nitrogens with zero attached hydrogens (tertiary/aromatic N) is 2. The number of hydrogen-bond acceptors (Lipinski definition) is 8. The molecule has 2 aromatic rings. The van der Waals surface area contributed by atoms with Crippen LogP contribution in [0.3, 0.4) is 0 Å². The molecule has 1 aromatic heterocycles. The van der Waals surface area contributed by atoms with Gasteiger partial charge in [0.2, 0.25) is 15.9 Å². The number of amides is 1. The van der Waals surface area contributed by atoms with Gasteiger partial charge in [0.15, 0.2) is 0 Å². The molecule has 0 radical (unpaired) electrons. The van der Waals surface area contributed by atoms with E-state index in [1.807, 2.05) is 5.40 Å². The number of thiocyanates is 1. The Labute approximate surface area is 193 Å². The molecule has 0 spiro atoms. The second kappa shape index (κ2) is 9.99. The summed E-state index contributed by atoms with van der Waals surface area (Å²) in [6.45, 7) is 3.65. The summed E-state index contributed by atoms with van der Waals surface area (Å²) in [7, 11) is -4.01. The summed E-state index contributed by atoms with van der Waals surface area (Å²) >= 11 is 1.78. The molecule has 12 heteroatoms. The first-order valence-electron chi connectivity index (χ1n) is 9.65. The van der Waals surface area contributed by atoms with E-state index in [1.54, 1.807) is 13.8 Å². The predicted molar refractivity (Wildman–Crippen MR) is 118 cm³/mol.